The van der Waals surface area contributed by atoms with E-state index >= 15 is 0 Å². The summed E-state index contributed by atoms with van der Waals surface area (Å²) in [6, 6.07) is 4.08. The van der Waals surface area contributed by atoms with Crippen molar-refractivity contribution in [3.63, 3.8) is 0 Å². The summed E-state index contributed by atoms with van der Waals surface area (Å²) in [5, 5.41) is 7.12. The zero-order valence-corrected chi connectivity index (χ0v) is 16.1. The third-order valence-electron chi connectivity index (χ3n) is 4.73. The number of carbonyl (C=O) groups is 2. The van der Waals surface area contributed by atoms with Gasteiger partial charge in [0, 0.05) is 32.7 Å². The molecule has 0 radical (unpaired) electrons. The van der Waals surface area contributed by atoms with Gasteiger partial charge in [-0.1, -0.05) is 6.07 Å². The minimum Gasteiger partial charge on any atom is -0.475 e. The van der Waals surface area contributed by atoms with Gasteiger partial charge in [-0.15, -0.1) is 0 Å². The number of alkyl halides is 3. The number of carboxylic acid groups (broad SMARTS) is 1. The summed E-state index contributed by atoms with van der Waals surface area (Å²) in [5.41, 5.74) is 1.14. The molecular formula is C19H25F3N2O5. The predicted octanol–water partition coefficient (Wildman–Crippen LogP) is 2.30. The fraction of sp³-hybridized carbons (Fsp3) is 0.632. The van der Waals surface area contributed by atoms with E-state index in [1.807, 2.05) is 17.2 Å². The number of rotatable bonds is 7. The number of nitrogens with zero attached hydrogens (tertiary/aromatic N) is 2. The molecule has 1 aliphatic carbocycles. The normalized spacial score (nSPS) is 21.4. The number of pyridine rings is 1. The van der Waals surface area contributed by atoms with Gasteiger partial charge < -0.3 is 19.5 Å². The number of methoxy groups -OCH3 is 1. The Hall–Kier alpha value is -2.20. The fourth-order valence-electron chi connectivity index (χ4n) is 3.08. The van der Waals surface area contributed by atoms with E-state index in [2.05, 4.69) is 11.1 Å². The number of halogens is 3. The lowest BCUT2D eigenvalue weighted by Gasteiger charge is -2.28. The molecule has 1 aromatic heterocycles. The maximum absolute atomic E-state index is 12.3. The van der Waals surface area contributed by atoms with Gasteiger partial charge >= 0.3 is 12.1 Å². The Bertz CT molecular complexity index is 668. The Kier molecular flexibility index (Phi) is 8.39. The number of aliphatic carboxylic acids is 1. The molecule has 1 aromatic rings. The standard InChI is InChI=1S/C17H24N2O3.C2HF3O2/c1-21-12-17(20)19-8-6-16(22-11-13-4-5-13)15(19)9-14-3-2-7-18-10-14;3-2(4,5)1(6)7/h2-3,7,10,13,15-16H,4-6,8-9,11-12H2,1H3;(H,6,7)/t15-,16-;/m0./s1. The number of amides is 1. The lowest BCUT2D eigenvalue weighted by Crippen LogP contribution is -2.43. The Morgan fingerprint density at radius 2 is 2.00 bits per heavy atom. The average molecular weight is 418 g/mol. The summed E-state index contributed by atoms with van der Waals surface area (Å²) in [5.74, 6) is -1.97. The average Bonchev–Trinajstić information content (AvgIpc) is 3.41. The van der Waals surface area contributed by atoms with Gasteiger partial charge in [-0.05, 0) is 43.2 Å². The van der Waals surface area contributed by atoms with Crippen LogP contribution in [0.3, 0.4) is 0 Å². The lowest BCUT2D eigenvalue weighted by atomic mass is 10.0. The van der Waals surface area contributed by atoms with E-state index in [1.165, 1.54) is 12.8 Å². The van der Waals surface area contributed by atoms with E-state index in [4.69, 9.17) is 19.4 Å². The van der Waals surface area contributed by atoms with E-state index < -0.39 is 12.1 Å². The summed E-state index contributed by atoms with van der Waals surface area (Å²) < 4.78 is 42.9. The zero-order valence-electron chi connectivity index (χ0n) is 16.1. The first-order valence-corrected chi connectivity index (χ1v) is 9.31. The Labute approximate surface area is 166 Å². The van der Waals surface area contributed by atoms with Crippen molar-refractivity contribution in [2.75, 3.05) is 26.9 Å². The molecule has 162 valence electrons. The van der Waals surface area contributed by atoms with Gasteiger partial charge in [0.15, 0.2) is 0 Å². The van der Waals surface area contributed by atoms with E-state index in [9.17, 15) is 18.0 Å². The molecule has 1 aliphatic heterocycles. The molecule has 3 rings (SSSR count). The number of hydrogen-bond acceptors (Lipinski definition) is 5. The van der Waals surface area contributed by atoms with Gasteiger partial charge in [0.2, 0.25) is 5.91 Å². The van der Waals surface area contributed by atoms with Gasteiger partial charge in [0.05, 0.1) is 12.1 Å². The molecule has 29 heavy (non-hydrogen) atoms. The van der Waals surface area contributed by atoms with E-state index in [0.29, 0.717) is 0 Å². The summed E-state index contributed by atoms with van der Waals surface area (Å²) in [4.78, 5) is 27.3. The van der Waals surface area contributed by atoms with Crippen molar-refractivity contribution in [2.45, 2.75) is 44.0 Å². The molecule has 2 heterocycles. The number of carbonyl (C=O) groups excluding carboxylic acids is 1. The second-order valence-electron chi connectivity index (χ2n) is 7.06. The third kappa shape index (κ3) is 7.62. The van der Waals surface area contributed by atoms with Crippen molar-refractivity contribution in [3.05, 3.63) is 30.1 Å². The van der Waals surface area contributed by atoms with E-state index in [-0.39, 0.29) is 24.7 Å². The number of carboxylic acids is 1. The lowest BCUT2D eigenvalue weighted by molar-refractivity contribution is -0.192. The molecule has 1 saturated carbocycles. The van der Waals surface area contributed by atoms with Gasteiger partial charge in [-0.2, -0.15) is 13.2 Å². The molecule has 2 atom stereocenters. The smallest absolute Gasteiger partial charge is 0.475 e. The molecule has 0 bridgehead atoms. The number of ether oxygens (including phenoxy) is 2. The summed E-state index contributed by atoms with van der Waals surface area (Å²) in [6.07, 6.45) is 2.95. The van der Waals surface area contributed by atoms with Gasteiger partial charge in [0.1, 0.15) is 6.61 Å². The van der Waals surface area contributed by atoms with Crippen molar-refractivity contribution < 1.29 is 37.3 Å². The molecule has 1 N–H and O–H groups in total. The third-order valence-corrected chi connectivity index (χ3v) is 4.73. The molecule has 2 aliphatic rings. The number of likely N-dealkylation sites (tertiary alicyclic amines) is 1. The molecule has 1 amide bonds. The van der Waals surface area contributed by atoms with Crippen molar-refractivity contribution >= 4 is 11.9 Å². The highest BCUT2D eigenvalue weighted by atomic mass is 19.4. The van der Waals surface area contributed by atoms with Crippen LogP contribution in [0, 0.1) is 5.92 Å². The number of hydrogen-bond donors (Lipinski definition) is 1. The maximum atomic E-state index is 12.3. The Balaban J connectivity index is 0.000000370. The maximum Gasteiger partial charge on any atom is 0.490 e. The second kappa shape index (κ2) is 10.5. The van der Waals surface area contributed by atoms with E-state index in [0.717, 1.165) is 37.5 Å². The van der Waals surface area contributed by atoms with Crippen LogP contribution in [0.5, 0.6) is 0 Å². The number of aromatic nitrogens is 1. The molecule has 2 fully saturated rings. The minimum absolute atomic E-state index is 0.0499. The van der Waals surface area contributed by atoms with Crippen LogP contribution in [0.2, 0.25) is 0 Å². The molecule has 1 saturated heterocycles. The minimum atomic E-state index is -5.08. The van der Waals surface area contributed by atoms with Crippen LogP contribution in [-0.4, -0.2) is 72.1 Å². The van der Waals surface area contributed by atoms with Crippen molar-refractivity contribution in [2.24, 2.45) is 5.92 Å². The topological polar surface area (TPSA) is 89.0 Å². The molecular weight excluding hydrogens is 393 g/mol. The van der Waals surface area contributed by atoms with Crippen molar-refractivity contribution in [1.29, 1.82) is 0 Å². The largest absolute Gasteiger partial charge is 0.490 e. The quantitative estimate of drug-likeness (QED) is 0.731. The summed E-state index contributed by atoms with van der Waals surface area (Å²) in [6.45, 7) is 1.72. The Morgan fingerprint density at radius 3 is 2.52 bits per heavy atom. The van der Waals surface area contributed by atoms with Crippen LogP contribution >= 0.6 is 0 Å². The van der Waals surface area contributed by atoms with Crippen LogP contribution < -0.4 is 0 Å². The first-order chi connectivity index (χ1) is 13.7. The van der Waals surface area contributed by atoms with Gasteiger partial charge in [0.25, 0.3) is 0 Å². The predicted molar refractivity (Wildman–Crippen MR) is 96.1 cm³/mol. The van der Waals surface area contributed by atoms with Crippen molar-refractivity contribution in [1.82, 2.24) is 9.88 Å². The molecule has 7 nitrogen and oxygen atoms in total. The molecule has 0 spiro atoms. The highest BCUT2D eigenvalue weighted by Gasteiger charge is 2.39. The Morgan fingerprint density at radius 1 is 1.31 bits per heavy atom. The SMILES string of the molecule is COCC(=O)N1CC[C@H](OCC2CC2)[C@@H]1Cc1cccnc1.O=C(O)C(F)(F)F. The van der Waals surface area contributed by atoms with Crippen molar-refractivity contribution in [3.8, 4) is 0 Å². The molecule has 10 heteroatoms. The first kappa shape index (κ1) is 23.1. The molecule has 0 aromatic carbocycles. The summed E-state index contributed by atoms with van der Waals surface area (Å²) >= 11 is 0. The van der Waals surface area contributed by atoms with Crippen LogP contribution in [0.4, 0.5) is 13.2 Å². The van der Waals surface area contributed by atoms with Crippen LogP contribution in [0.15, 0.2) is 24.5 Å². The summed E-state index contributed by atoms with van der Waals surface area (Å²) in [7, 11) is 1.56. The van der Waals surface area contributed by atoms with Crippen LogP contribution in [0.1, 0.15) is 24.8 Å². The van der Waals surface area contributed by atoms with Gasteiger partial charge in [-0.3, -0.25) is 9.78 Å². The zero-order chi connectivity index (χ0) is 21.4. The first-order valence-electron chi connectivity index (χ1n) is 9.31. The van der Waals surface area contributed by atoms with Crippen LogP contribution in [-0.2, 0) is 25.5 Å². The molecule has 0 unspecified atom stereocenters. The monoisotopic (exact) mass is 418 g/mol. The fourth-order valence-corrected chi connectivity index (χ4v) is 3.08. The van der Waals surface area contributed by atoms with E-state index in [1.54, 1.807) is 13.3 Å². The second-order valence-corrected chi connectivity index (χ2v) is 7.06. The van der Waals surface area contributed by atoms with Crippen LogP contribution in [0.25, 0.3) is 0 Å². The highest BCUT2D eigenvalue weighted by molar-refractivity contribution is 5.78. The highest BCUT2D eigenvalue weighted by Crippen LogP contribution is 2.32. The van der Waals surface area contributed by atoms with Gasteiger partial charge in [-0.25, -0.2) is 4.79 Å².